The first kappa shape index (κ1) is 13.2. The highest BCUT2D eigenvalue weighted by atomic mass is 16.8. The van der Waals surface area contributed by atoms with Crippen LogP contribution >= 0.6 is 0 Å². The van der Waals surface area contributed by atoms with Crippen molar-refractivity contribution in [3.63, 3.8) is 0 Å². The lowest BCUT2D eigenvalue weighted by Crippen LogP contribution is -2.49. The van der Waals surface area contributed by atoms with E-state index in [0.717, 1.165) is 6.42 Å². The van der Waals surface area contributed by atoms with Gasteiger partial charge >= 0.3 is 0 Å². The van der Waals surface area contributed by atoms with E-state index in [-0.39, 0.29) is 24.2 Å². The molecule has 0 radical (unpaired) electrons. The quantitative estimate of drug-likeness (QED) is 0.796. The van der Waals surface area contributed by atoms with Crippen LogP contribution in [0, 0.1) is 11.8 Å². The van der Waals surface area contributed by atoms with Gasteiger partial charge in [0.25, 0.3) is 0 Å². The molecular weight excluding hydrogens is 224 g/mol. The maximum atomic E-state index is 10.5. The van der Waals surface area contributed by atoms with Crippen LogP contribution in [0.1, 0.15) is 19.8 Å². The van der Waals surface area contributed by atoms with Crippen LogP contribution in [-0.4, -0.2) is 50.7 Å². The van der Waals surface area contributed by atoms with Gasteiger partial charge in [-0.1, -0.05) is 0 Å². The normalized spacial score (nSPS) is 50.3. The largest absolute Gasteiger partial charge is 0.390 e. The van der Waals surface area contributed by atoms with E-state index >= 15 is 0 Å². The minimum Gasteiger partial charge on any atom is -0.390 e. The Morgan fingerprint density at radius 3 is 2.41 bits per heavy atom. The van der Waals surface area contributed by atoms with Crippen molar-refractivity contribution in [3.05, 3.63) is 0 Å². The first-order chi connectivity index (χ1) is 8.03. The molecule has 1 N–H and O–H groups in total. The molecule has 2 fully saturated rings. The Bertz CT molecular complexity index is 268. The van der Waals surface area contributed by atoms with E-state index < -0.39 is 11.9 Å². The predicted molar refractivity (Wildman–Crippen MR) is 60.3 cm³/mol. The summed E-state index contributed by atoms with van der Waals surface area (Å²) in [5.74, 6) is 0.141. The van der Waals surface area contributed by atoms with Crippen LogP contribution in [0.25, 0.3) is 0 Å². The number of hydrogen-bond donors (Lipinski definition) is 1. The van der Waals surface area contributed by atoms with Crippen molar-refractivity contribution in [2.75, 3.05) is 21.3 Å². The molecule has 5 heteroatoms. The van der Waals surface area contributed by atoms with Gasteiger partial charge in [0.2, 0.25) is 0 Å². The van der Waals surface area contributed by atoms with Gasteiger partial charge in [0.05, 0.1) is 11.7 Å². The average molecular weight is 246 g/mol. The molecule has 5 nitrogen and oxygen atoms in total. The van der Waals surface area contributed by atoms with Crippen LogP contribution < -0.4 is 0 Å². The van der Waals surface area contributed by atoms with Crippen molar-refractivity contribution in [2.45, 2.75) is 44.1 Å². The van der Waals surface area contributed by atoms with Crippen LogP contribution in [0.4, 0.5) is 0 Å². The minimum absolute atomic E-state index is 0.0363. The van der Waals surface area contributed by atoms with Crippen LogP contribution in [0.5, 0.6) is 0 Å². The molecule has 1 heterocycles. The maximum Gasteiger partial charge on any atom is 0.166 e. The fourth-order valence-corrected chi connectivity index (χ4v) is 3.30. The Balaban J connectivity index is 2.22. The molecule has 0 aromatic heterocycles. The Hall–Kier alpha value is -0.200. The third kappa shape index (κ3) is 2.22. The Kier molecular flexibility index (Phi) is 3.75. The molecule has 0 aromatic rings. The molecule has 1 aliphatic carbocycles. The Morgan fingerprint density at radius 1 is 1.18 bits per heavy atom. The van der Waals surface area contributed by atoms with Crippen molar-refractivity contribution < 1.29 is 24.1 Å². The smallest absolute Gasteiger partial charge is 0.166 e. The second kappa shape index (κ2) is 4.82. The van der Waals surface area contributed by atoms with E-state index in [0.29, 0.717) is 6.42 Å². The standard InChI is InChI=1S/C12H22O5/c1-12(13)6-8(14-2)7-5-9(15-3)17-11(16-4)10(7)12/h7-11,13H,5-6H2,1-4H3. The lowest BCUT2D eigenvalue weighted by atomic mass is 9.82. The zero-order chi connectivity index (χ0) is 12.6. The van der Waals surface area contributed by atoms with Gasteiger partial charge in [-0.15, -0.1) is 0 Å². The molecule has 1 saturated heterocycles. The molecule has 6 atom stereocenters. The Labute approximate surface area is 102 Å². The molecule has 2 aliphatic rings. The lowest BCUT2D eigenvalue weighted by Gasteiger charge is -2.41. The average Bonchev–Trinajstić information content (AvgIpc) is 2.59. The molecule has 17 heavy (non-hydrogen) atoms. The zero-order valence-electron chi connectivity index (χ0n) is 10.9. The van der Waals surface area contributed by atoms with Gasteiger partial charge < -0.3 is 24.1 Å². The van der Waals surface area contributed by atoms with E-state index in [1.54, 1.807) is 21.3 Å². The highest BCUT2D eigenvalue weighted by Crippen LogP contribution is 2.49. The summed E-state index contributed by atoms with van der Waals surface area (Å²) in [7, 11) is 4.89. The first-order valence-electron chi connectivity index (χ1n) is 5.99. The topological polar surface area (TPSA) is 57.2 Å². The summed E-state index contributed by atoms with van der Waals surface area (Å²) >= 11 is 0. The van der Waals surface area contributed by atoms with Gasteiger partial charge in [-0.2, -0.15) is 0 Å². The van der Waals surface area contributed by atoms with E-state index in [1.807, 2.05) is 6.92 Å². The molecule has 0 aromatic carbocycles. The number of rotatable bonds is 3. The highest BCUT2D eigenvalue weighted by Gasteiger charge is 2.57. The number of ether oxygens (including phenoxy) is 4. The molecule has 1 aliphatic heterocycles. The van der Waals surface area contributed by atoms with Crippen LogP contribution in [0.2, 0.25) is 0 Å². The number of fused-ring (bicyclic) bond motifs is 1. The minimum atomic E-state index is -0.815. The van der Waals surface area contributed by atoms with E-state index in [1.165, 1.54) is 0 Å². The fraction of sp³-hybridized carbons (Fsp3) is 1.00. The summed E-state index contributed by atoms with van der Waals surface area (Å²) < 4.78 is 21.7. The summed E-state index contributed by atoms with van der Waals surface area (Å²) in [5, 5.41) is 10.5. The SMILES string of the molecule is COC1CC2C(OC)CC(C)(O)C2C(OC)O1. The molecule has 2 rings (SSSR count). The molecule has 1 saturated carbocycles. The van der Waals surface area contributed by atoms with E-state index in [4.69, 9.17) is 18.9 Å². The first-order valence-corrected chi connectivity index (χ1v) is 5.99. The fourth-order valence-electron chi connectivity index (χ4n) is 3.30. The predicted octanol–water partition coefficient (Wildman–Crippen LogP) is 0.754. The monoisotopic (exact) mass is 246 g/mol. The highest BCUT2D eigenvalue weighted by molar-refractivity contribution is 5.03. The Morgan fingerprint density at radius 2 is 1.88 bits per heavy atom. The van der Waals surface area contributed by atoms with Gasteiger partial charge in [0.15, 0.2) is 12.6 Å². The van der Waals surface area contributed by atoms with Gasteiger partial charge in [-0.05, 0) is 6.92 Å². The van der Waals surface area contributed by atoms with Crippen molar-refractivity contribution in [1.82, 2.24) is 0 Å². The van der Waals surface area contributed by atoms with Gasteiger partial charge in [0.1, 0.15) is 0 Å². The molecule has 6 unspecified atom stereocenters. The third-order valence-electron chi connectivity index (χ3n) is 4.11. The van der Waals surface area contributed by atoms with Crippen molar-refractivity contribution in [2.24, 2.45) is 11.8 Å². The summed E-state index contributed by atoms with van der Waals surface area (Å²) in [6.07, 6.45) is 0.657. The van der Waals surface area contributed by atoms with Crippen LogP contribution in [0.3, 0.4) is 0 Å². The van der Waals surface area contributed by atoms with Gasteiger partial charge in [-0.25, -0.2) is 0 Å². The van der Waals surface area contributed by atoms with Crippen molar-refractivity contribution in [3.8, 4) is 0 Å². The van der Waals surface area contributed by atoms with Crippen molar-refractivity contribution >= 4 is 0 Å². The van der Waals surface area contributed by atoms with Crippen molar-refractivity contribution in [1.29, 1.82) is 0 Å². The van der Waals surface area contributed by atoms with Gasteiger partial charge in [-0.3, -0.25) is 0 Å². The summed E-state index contributed by atoms with van der Waals surface area (Å²) in [6.45, 7) is 1.83. The molecular formula is C12H22O5. The van der Waals surface area contributed by atoms with E-state index in [9.17, 15) is 5.11 Å². The molecule has 100 valence electrons. The second-order valence-corrected chi connectivity index (χ2v) is 5.17. The zero-order valence-corrected chi connectivity index (χ0v) is 10.9. The lowest BCUT2D eigenvalue weighted by molar-refractivity contribution is -0.301. The van der Waals surface area contributed by atoms with Crippen LogP contribution in [0.15, 0.2) is 0 Å². The second-order valence-electron chi connectivity index (χ2n) is 5.17. The maximum absolute atomic E-state index is 10.5. The summed E-state index contributed by atoms with van der Waals surface area (Å²) in [4.78, 5) is 0. The molecule has 0 spiro atoms. The molecule has 0 amide bonds. The number of hydrogen-bond acceptors (Lipinski definition) is 5. The van der Waals surface area contributed by atoms with E-state index in [2.05, 4.69) is 0 Å². The number of methoxy groups -OCH3 is 3. The van der Waals surface area contributed by atoms with Crippen LogP contribution in [-0.2, 0) is 18.9 Å². The summed E-state index contributed by atoms with van der Waals surface area (Å²) in [6, 6.07) is 0. The molecule has 0 bridgehead atoms. The number of aliphatic hydroxyl groups is 1. The van der Waals surface area contributed by atoms with Gasteiger partial charge in [0, 0.05) is 46.0 Å². The summed E-state index contributed by atoms with van der Waals surface area (Å²) in [5.41, 5.74) is -0.815. The third-order valence-corrected chi connectivity index (χ3v) is 4.11.